The standard InChI is InChI=1S/C26H21FO8/c27-26(31)21(34-23(29)18-12-6-2-7-13-18)20(16-32-22(28)17-10-4-1-5-11-17)33-25(26)35-24(30)19-14-8-3-9-15-19/h1-15,20-21,25,31H,16H2/t20-,21-,25-,26+/m0/s1. The summed E-state index contributed by atoms with van der Waals surface area (Å²) in [6.07, 6.45) is -5.59. The number of benzene rings is 3. The van der Waals surface area contributed by atoms with Crippen molar-refractivity contribution in [3.05, 3.63) is 108 Å². The van der Waals surface area contributed by atoms with Crippen molar-refractivity contribution < 1.29 is 42.8 Å². The maximum Gasteiger partial charge on any atom is 0.340 e. The first kappa shape index (κ1) is 24.1. The van der Waals surface area contributed by atoms with Crippen LogP contribution in [-0.4, -0.2) is 54.0 Å². The van der Waals surface area contributed by atoms with Crippen LogP contribution in [0, 0.1) is 0 Å². The van der Waals surface area contributed by atoms with Gasteiger partial charge in [0.25, 0.3) is 6.29 Å². The van der Waals surface area contributed by atoms with Crippen LogP contribution in [0.4, 0.5) is 4.39 Å². The topological polar surface area (TPSA) is 108 Å². The summed E-state index contributed by atoms with van der Waals surface area (Å²) in [5, 5.41) is 10.6. The number of carbonyl (C=O) groups is 3. The van der Waals surface area contributed by atoms with E-state index in [1.165, 1.54) is 36.4 Å². The summed E-state index contributed by atoms with van der Waals surface area (Å²) in [5.74, 6) is -6.10. The highest BCUT2D eigenvalue weighted by Gasteiger charge is 2.62. The zero-order valence-corrected chi connectivity index (χ0v) is 18.3. The molecule has 0 spiro atoms. The highest BCUT2D eigenvalue weighted by molar-refractivity contribution is 5.90. The van der Waals surface area contributed by atoms with Gasteiger partial charge in [-0.2, -0.15) is 0 Å². The van der Waals surface area contributed by atoms with Gasteiger partial charge in [0.15, 0.2) is 6.10 Å². The Morgan fingerprint density at radius 2 is 1.17 bits per heavy atom. The van der Waals surface area contributed by atoms with Gasteiger partial charge in [-0.3, -0.25) is 0 Å². The van der Waals surface area contributed by atoms with Gasteiger partial charge in [-0.15, -0.1) is 0 Å². The van der Waals surface area contributed by atoms with Crippen molar-refractivity contribution in [1.29, 1.82) is 0 Å². The molecule has 0 saturated carbocycles. The average molecular weight is 480 g/mol. The van der Waals surface area contributed by atoms with E-state index < -0.39 is 48.9 Å². The monoisotopic (exact) mass is 480 g/mol. The Kier molecular flexibility index (Phi) is 7.19. The van der Waals surface area contributed by atoms with Crippen LogP contribution in [0.1, 0.15) is 31.1 Å². The summed E-state index contributed by atoms with van der Waals surface area (Å²) in [6.45, 7) is -0.591. The van der Waals surface area contributed by atoms with Crippen LogP contribution in [0.2, 0.25) is 0 Å². The second-order valence-electron chi connectivity index (χ2n) is 7.66. The van der Waals surface area contributed by atoms with Gasteiger partial charge in [0.05, 0.1) is 16.7 Å². The quantitative estimate of drug-likeness (QED) is 0.405. The normalized spacial score (nSPS) is 23.3. The number of hydrogen-bond donors (Lipinski definition) is 1. The molecule has 0 bridgehead atoms. The van der Waals surface area contributed by atoms with E-state index in [2.05, 4.69) is 0 Å². The Morgan fingerprint density at radius 3 is 1.66 bits per heavy atom. The summed E-state index contributed by atoms with van der Waals surface area (Å²) >= 11 is 0. The molecule has 3 aromatic carbocycles. The van der Waals surface area contributed by atoms with Crippen molar-refractivity contribution in [3.63, 3.8) is 0 Å². The van der Waals surface area contributed by atoms with Crippen LogP contribution < -0.4 is 0 Å². The van der Waals surface area contributed by atoms with Crippen LogP contribution >= 0.6 is 0 Å². The molecule has 35 heavy (non-hydrogen) atoms. The number of esters is 3. The summed E-state index contributed by atoms with van der Waals surface area (Å²) in [6, 6.07) is 23.4. The van der Waals surface area contributed by atoms with Crippen LogP contribution in [0.25, 0.3) is 0 Å². The van der Waals surface area contributed by atoms with Crippen LogP contribution in [0.15, 0.2) is 91.0 Å². The van der Waals surface area contributed by atoms with Gasteiger partial charge in [0.2, 0.25) is 0 Å². The van der Waals surface area contributed by atoms with Crippen molar-refractivity contribution >= 4 is 17.9 Å². The number of hydrogen-bond acceptors (Lipinski definition) is 8. The molecule has 180 valence electrons. The molecule has 3 aromatic rings. The lowest BCUT2D eigenvalue weighted by molar-refractivity contribution is -0.238. The minimum atomic E-state index is -3.43. The fourth-order valence-corrected chi connectivity index (χ4v) is 3.43. The molecule has 0 radical (unpaired) electrons. The van der Waals surface area contributed by atoms with Crippen molar-refractivity contribution in [2.45, 2.75) is 24.4 Å². The maximum absolute atomic E-state index is 15.5. The number of halogens is 1. The van der Waals surface area contributed by atoms with Gasteiger partial charge in [-0.05, 0) is 36.4 Å². The Hall–Kier alpha value is -4.08. The third kappa shape index (κ3) is 5.53. The van der Waals surface area contributed by atoms with Gasteiger partial charge < -0.3 is 24.1 Å². The second-order valence-corrected chi connectivity index (χ2v) is 7.66. The molecule has 1 fully saturated rings. The zero-order valence-electron chi connectivity index (χ0n) is 18.3. The molecule has 1 saturated heterocycles. The molecule has 1 aliphatic heterocycles. The van der Waals surface area contributed by atoms with E-state index in [1.54, 1.807) is 54.6 Å². The molecular weight excluding hydrogens is 459 g/mol. The number of aliphatic hydroxyl groups is 1. The summed E-state index contributed by atoms with van der Waals surface area (Å²) in [7, 11) is 0. The number of carbonyl (C=O) groups excluding carboxylic acids is 3. The predicted molar refractivity (Wildman–Crippen MR) is 119 cm³/mol. The Bertz CT molecular complexity index is 1170. The molecule has 0 amide bonds. The Morgan fingerprint density at radius 1 is 0.743 bits per heavy atom. The third-order valence-corrected chi connectivity index (χ3v) is 5.22. The molecule has 4 atom stereocenters. The molecule has 9 heteroatoms. The molecular formula is C26H21FO8. The molecule has 0 aromatic heterocycles. The van der Waals surface area contributed by atoms with Crippen molar-refractivity contribution in [2.75, 3.05) is 6.61 Å². The highest BCUT2D eigenvalue weighted by atomic mass is 19.2. The van der Waals surface area contributed by atoms with Crippen molar-refractivity contribution in [3.8, 4) is 0 Å². The maximum atomic E-state index is 15.5. The van der Waals surface area contributed by atoms with E-state index in [9.17, 15) is 19.5 Å². The van der Waals surface area contributed by atoms with Gasteiger partial charge in [-0.1, -0.05) is 54.6 Å². The zero-order chi connectivity index (χ0) is 24.8. The first-order valence-corrected chi connectivity index (χ1v) is 10.7. The van der Waals surface area contributed by atoms with Gasteiger partial charge in [0.1, 0.15) is 12.7 Å². The first-order chi connectivity index (χ1) is 16.9. The second kappa shape index (κ2) is 10.5. The minimum Gasteiger partial charge on any atom is -0.459 e. The lowest BCUT2D eigenvalue weighted by Crippen LogP contribution is -2.48. The minimum absolute atomic E-state index is 0.0867. The Balaban J connectivity index is 1.53. The smallest absolute Gasteiger partial charge is 0.340 e. The lowest BCUT2D eigenvalue weighted by atomic mass is 10.1. The molecule has 1 aliphatic rings. The van der Waals surface area contributed by atoms with Crippen molar-refractivity contribution in [1.82, 2.24) is 0 Å². The van der Waals surface area contributed by atoms with Gasteiger partial charge in [-0.25, -0.2) is 18.8 Å². The molecule has 0 aliphatic carbocycles. The van der Waals surface area contributed by atoms with Crippen LogP contribution in [-0.2, 0) is 18.9 Å². The fraction of sp³-hybridized carbons (Fsp3) is 0.192. The van der Waals surface area contributed by atoms with E-state index in [1.807, 2.05) is 0 Å². The predicted octanol–water partition coefficient (Wildman–Crippen LogP) is 3.31. The van der Waals surface area contributed by atoms with E-state index in [4.69, 9.17) is 18.9 Å². The van der Waals surface area contributed by atoms with E-state index in [0.29, 0.717) is 0 Å². The molecule has 1 heterocycles. The molecule has 8 nitrogen and oxygen atoms in total. The van der Waals surface area contributed by atoms with E-state index in [-0.39, 0.29) is 16.7 Å². The number of rotatable bonds is 7. The highest BCUT2D eigenvalue weighted by Crippen LogP contribution is 2.37. The average Bonchev–Trinajstić information content (AvgIpc) is 3.12. The van der Waals surface area contributed by atoms with E-state index in [0.717, 1.165) is 0 Å². The van der Waals surface area contributed by atoms with Crippen LogP contribution in [0.3, 0.4) is 0 Å². The summed E-state index contributed by atoms with van der Waals surface area (Å²) < 4.78 is 36.3. The first-order valence-electron chi connectivity index (χ1n) is 10.7. The van der Waals surface area contributed by atoms with Gasteiger partial charge >= 0.3 is 23.8 Å². The summed E-state index contributed by atoms with van der Waals surface area (Å²) in [5.41, 5.74) is 0.405. The van der Waals surface area contributed by atoms with Gasteiger partial charge in [0, 0.05) is 0 Å². The fourth-order valence-electron chi connectivity index (χ4n) is 3.43. The number of ether oxygens (including phenoxy) is 4. The number of alkyl halides is 1. The van der Waals surface area contributed by atoms with Crippen LogP contribution in [0.5, 0.6) is 0 Å². The SMILES string of the molecule is O=C(OC[C@@H]1O[C@@H](OC(=O)c2ccccc2)[C@@](O)(F)[C@H]1OC(=O)c1ccccc1)c1ccccc1. The largest absolute Gasteiger partial charge is 0.459 e. The third-order valence-electron chi connectivity index (χ3n) is 5.22. The summed E-state index contributed by atoms with van der Waals surface area (Å²) in [4.78, 5) is 37.3. The van der Waals surface area contributed by atoms with E-state index >= 15 is 4.39 Å². The molecule has 1 N–H and O–H groups in total. The molecule has 4 rings (SSSR count). The molecule has 0 unspecified atom stereocenters. The van der Waals surface area contributed by atoms with Crippen molar-refractivity contribution in [2.24, 2.45) is 0 Å². The lowest BCUT2D eigenvalue weighted by Gasteiger charge is -2.25. The Labute approximate surface area is 199 Å².